The van der Waals surface area contributed by atoms with Crippen LogP contribution in [0.15, 0.2) is 24.3 Å². The molecule has 0 saturated carbocycles. The summed E-state index contributed by atoms with van der Waals surface area (Å²) in [6.07, 6.45) is 3.47. The maximum Gasteiger partial charge on any atom is 0.220 e. The molecule has 0 aliphatic carbocycles. The fourth-order valence-corrected chi connectivity index (χ4v) is 3.19. The Hall–Kier alpha value is -1.26. The number of benzene rings is 1. The molecule has 4 nitrogen and oxygen atoms in total. The first-order chi connectivity index (χ1) is 10.6. The summed E-state index contributed by atoms with van der Waals surface area (Å²) in [5.74, 6) is 1.37. The van der Waals surface area contributed by atoms with Crippen molar-refractivity contribution in [2.24, 2.45) is 5.92 Å². The molecule has 1 aliphatic heterocycles. The third-order valence-electron chi connectivity index (χ3n) is 4.28. The molecule has 1 fully saturated rings. The second-order valence-electron chi connectivity index (χ2n) is 6.47. The molecule has 2 rings (SSSR count). The van der Waals surface area contributed by atoms with Crippen molar-refractivity contribution in [2.45, 2.75) is 51.6 Å². The summed E-state index contributed by atoms with van der Waals surface area (Å²) in [7, 11) is 1.69. The van der Waals surface area contributed by atoms with Crippen LogP contribution in [-0.4, -0.2) is 31.6 Å². The number of carbonyl (C=O) groups is 1. The van der Waals surface area contributed by atoms with Gasteiger partial charge in [-0.3, -0.25) is 4.79 Å². The van der Waals surface area contributed by atoms with Crippen LogP contribution in [-0.2, 0) is 11.2 Å². The van der Waals surface area contributed by atoms with E-state index >= 15 is 0 Å². The predicted molar refractivity (Wildman–Crippen MR) is 96.4 cm³/mol. The number of rotatable bonds is 6. The second-order valence-corrected chi connectivity index (χ2v) is 6.47. The van der Waals surface area contributed by atoms with E-state index in [1.165, 1.54) is 5.56 Å². The van der Waals surface area contributed by atoms with E-state index in [9.17, 15) is 4.79 Å². The van der Waals surface area contributed by atoms with Gasteiger partial charge in [-0.15, -0.1) is 12.4 Å². The van der Waals surface area contributed by atoms with E-state index < -0.39 is 0 Å². The molecular formula is C18H29ClN2O2. The molecule has 5 heteroatoms. The average Bonchev–Trinajstić information content (AvgIpc) is 2.47. The molecule has 3 unspecified atom stereocenters. The molecule has 1 heterocycles. The van der Waals surface area contributed by atoms with Crippen molar-refractivity contribution in [3.05, 3.63) is 29.8 Å². The normalized spacial score (nSPS) is 21.9. The first-order valence-corrected chi connectivity index (χ1v) is 8.23. The van der Waals surface area contributed by atoms with Crippen molar-refractivity contribution in [3.63, 3.8) is 0 Å². The van der Waals surface area contributed by atoms with Gasteiger partial charge in [0.05, 0.1) is 7.11 Å². The Morgan fingerprint density at radius 3 is 2.87 bits per heavy atom. The average molecular weight is 341 g/mol. The molecule has 2 N–H and O–H groups in total. The molecule has 1 aromatic rings. The summed E-state index contributed by atoms with van der Waals surface area (Å²) in [6, 6.07) is 8.84. The Labute approximate surface area is 145 Å². The minimum absolute atomic E-state index is 0. The monoisotopic (exact) mass is 340 g/mol. The number of hydrogen-bond acceptors (Lipinski definition) is 3. The maximum atomic E-state index is 12.2. The molecule has 3 atom stereocenters. The molecule has 130 valence electrons. The zero-order valence-corrected chi connectivity index (χ0v) is 15.1. The van der Waals surface area contributed by atoms with Gasteiger partial charge in [0, 0.05) is 18.5 Å². The minimum atomic E-state index is 0. The summed E-state index contributed by atoms with van der Waals surface area (Å²) in [5.41, 5.74) is 1.17. The van der Waals surface area contributed by atoms with Crippen LogP contribution < -0.4 is 15.4 Å². The highest BCUT2D eigenvalue weighted by Crippen LogP contribution is 2.22. The van der Waals surface area contributed by atoms with E-state index in [1.54, 1.807) is 7.11 Å². The fraction of sp³-hybridized carbons (Fsp3) is 0.611. The summed E-state index contributed by atoms with van der Waals surface area (Å²) in [6.45, 7) is 5.28. The van der Waals surface area contributed by atoms with Crippen molar-refractivity contribution < 1.29 is 9.53 Å². The third kappa shape index (κ3) is 6.40. The van der Waals surface area contributed by atoms with E-state index in [0.717, 1.165) is 31.6 Å². The number of hydrogen-bond donors (Lipinski definition) is 2. The lowest BCUT2D eigenvalue weighted by molar-refractivity contribution is -0.122. The Balaban J connectivity index is 0.00000264. The van der Waals surface area contributed by atoms with Crippen LogP contribution >= 0.6 is 12.4 Å². The van der Waals surface area contributed by atoms with Crippen LogP contribution in [0.3, 0.4) is 0 Å². The molecule has 1 aromatic carbocycles. The maximum absolute atomic E-state index is 12.2. The third-order valence-corrected chi connectivity index (χ3v) is 4.28. The molecule has 23 heavy (non-hydrogen) atoms. The summed E-state index contributed by atoms with van der Waals surface area (Å²) < 4.78 is 5.38. The van der Waals surface area contributed by atoms with E-state index in [0.29, 0.717) is 24.4 Å². The highest BCUT2D eigenvalue weighted by molar-refractivity contribution is 5.85. The van der Waals surface area contributed by atoms with Crippen LogP contribution in [0.5, 0.6) is 5.75 Å². The van der Waals surface area contributed by atoms with Gasteiger partial charge >= 0.3 is 0 Å². The van der Waals surface area contributed by atoms with Gasteiger partial charge in [-0.2, -0.15) is 0 Å². The van der Waals surface area contributed by atoms with Gasteiger partial charge in [0.25, 0.3) is 0 Å². The number of methoxy groups -OCH3 is 1. The molecule has 1 amide bonds. The first kappa shape index (κ1) is 19.8. The summed E-state index contributed by atoms with van der Waals surface area (Å²) in [5, 5.41) is 6.59. The Morgan fingerprint density at radius 1 is 1.43 bits per heavy atom. The smallest absolute Gasteiger partial charge is 0.220 e. The number of nitrogens with one attached hydrogen (secondary N) is 2. The number of amides is 1. The summed E-state index contributed by atoms with van der Waals surface area (Å²) in [4.78, 5) is 12.2. The van der Waals surface area contributed by atoms with Crippen molar-refractivity contribution in [1.29, 1.82) is 0 Å². The van der Waals surface area contributed by atoms with Crippen LogP contribution in [0.4, 0.5) is 0 Å². The Morgan fingerprint density at radius 2 is 2.17 bits per heavy atom. The lowest BCUT2D eigenvalue weighted by Gasteiger charge is -2.29. The largest absolute Gasteiger partial charge is 0.496 e. The SMILES string of the molecule is COc1ccccc1CC(C)CC(=O)NC1CCNC(C)C1.Cl. The zero-order chi connectivity index (χ0) is 15.9. The molecule has 0 bridgehead atoms. The lowest BCUT2D eigenvalue weighted by atomic mass is 9.96. The number of ether oxygens (including phenoxy) is 1. The number of piperidine rings is 1. The van der Waals surface area contributed by atoms with Gasteiger partial charge in [0.2, 0.25) is 5.91 Å². The van der Waals surface area contributed by atoms with Crippen molar-refractivity contribution in [3.8, 4) is 5.75 Å². The lowest BCUT2D eigenvalue weighted by Crippen LogP contribution is -2.46. The number of para-hydroxylation sites is 1. The number of carbonyl (C=O) groups excluding carboxylic acids is 1. The van der Waals surface area contributed by atoms with Gasteiger partial charge in [0.15, 0.2) is 0 Å². The van der Waals surface area contributed by atoms with Crippen molar-refractivity contribution >= 4 is 18.3 Å². The summed E-state index contributed by atoms with van der Waals surface area (Å²) >= 11 is 0. The predicted octanol–water partition coefficient (Wildman–Crippen LogP) is 2.94. The molecule has 0 aromatic heterocycles. The molecule has 1 saturated heterocycles. The van der Waals surface area contributed by atoms with Crippen molar-refractivity contribution in [1.82, 2.24) is 10.6 Å². The van der Waals surface area contributed by atoms with Crippen LogP contribution in [0.2, 0.25) is 0 Å². The zero-order valence-electron chi connectivity index (χ0n) is 14.3. The standard InChI is InChI=1S/C18H28N2O2.ClH/c1-13(10-15-6-4-5-7-17(15)22-3)11-18(21)20-16-8-9-19-14(2)12-16;/h4-7,13-14,16,19H,8-12H2,1-3H3,(H,20,21);1H. The molecular weight excluding hydrogens is 312 g/mol. The molecule has 1 aliphatic rings. The highest BCUT2D eigenvalue weighted by atomic mass is 35.5. The van der Waals surface area contributed by atoms with Crippen LogP contribution in [0.1, 0.15) is 38.7 Å². The van der Waals surface area contributed by atoms with E-state index in [1.807, 2.05) is 18.2 Å². The van der Waals surface area contributed by atoms with Gasteiger partial charge < -0.3 is 15.4 Å². The topological polar surface area (TPSA) is 50.4 Å². The van der Waals surface area contributed by atoms with Gasteiger partial charge in [-0.05, 0) is 50.3 Å². The van der Waals surface area contributed by atoms with Crippen LogP contribution in [0, 0.1) is 5.92 Å². The van der Waals surface area contributed by atoms with Crippen molar-refractivity contribution in [2.75, 3.05) is 13.7 Å². The van der Waals surface area contributed by atoms with Gasteiger partial charge in [-0.25, -0.2) is 0 Å². The van der Waals surface area contributed by atoms with E-state index in [4.69, 9.17) is 4.74 Å². The van der Waals surface area contributed by atoms with E-state index in [2.05, 4.69) is 30.5 Å². The number of halogens is 1. The van der Waals surface area contributed by atoms with Gasteiger partial charge in [0.1, 0.15) is 5.75 Å². The Bertz CT molecular complexity index is 496. The second kappa shape index (κ2) is 9.78. The Kier molecular flexibility index (Phi) is 8.42. The van der Waals surface area contributed by atoms with E-state index in [-0.39, 0.29) is 18.3 Å². The highest BCUT2D eigenvalue weighted by Gasteiger charge is 2.21. The van der Waals surface area contributed by atoms with Crippen LogP contribution in [0.25, 0.3) is 0 Å². The quantitative estimate of drug-likeness (QED) is 0.837. The fourth-order valence-electron chi connectivity index (χ4n) is 3.19. The minimum Gasteiger partial charge on any atom is -0.496 e. The van der Waals surface area contributed by atoms with Gasteiger partial charge in [-0.1, -0.05) is 25.1 Å². The first-order valence-electron chi connectivity index (χ1n) is 8.23. The molecule has 0 spiro atoms. The molecule has 0 radical (unpaired) electrons.